The van der Waals surface area contributed by atoms with Gasteiger partial charge in [0.2, 0.25) is 10.0 Å². The minimum Gasteiger partial charge on any atom is -0.334 e. The number of sulfonamides is 1. The monoisotopic (exact) mass is 408 g/mol. The molecule has 2 aromatic rings. The highest BCUT2D eigenvalue weighted by Crippen LogP contribution is 2.32. The largest absolute Gasteiger partial charge is 0.334 e. The van der Waals surface area contributed by atoms with Crippen molar-refractivity contribution in [3.63, 3.8) is 0 Å². The number of hydrogen-bond donors (Lipinski definition) is 1. The number of nitriles is 1. The second-order valence-electron chi connectivity index (χ2n) is 6.70. The second kappa shape index (κ2) is 6.92. The molecule has 1 aliphatic heterocycles. The van der Waals surface area contributed by atoms with Crippen LogP contribution in [-0.4, -0.2) is 64.1 Å². The molecule has 2 heterocycles. The molecule has 142 valence electrons. The number of nitrogens with one attached hydrogen (secondary N) is 1. The fourth-order valence-electron chi connectivity index (χ4n) is 3.17. The van der Waals surface area contributed by atoms with E-state index in [1.54, 1.807) is 13.8 Å². The van der Waals surface area contributed by atoms with Crippen LogP contribution in [-0.2, 0) is 10.0 Å². The van der Waals surface area contributed by atoms with Crippen LogP contribution in [0.25, 0.3) is 0 Å². The van der Waals surface area contributed by atoms with Crippen molar-refractivity contribution >= 4 is 27.5 Å². The minimum atomic E-state index is -3.98. The Kier molecular flexibility index (Phi) is 4.94. The van der Waals surface area contributed by atoms with E-state index in [4.69, 9.17) is 11.6 Å². The van der Waals surface area contributed by atoms with Gasteiger partial charge in [-0.15, -0.1) is 0 Å². The summed E-state index contributed by atoms with van der Waals surface area (Å²) >= 11 is 5.99. The van der Waals surface area contributed by atoms with Crippen LogP contribution in [0.4, 0.5) is 0 Å². The van der Waals surface area contributed by atoms with Crippen molar-refractivity contribution in [1.29, 1.82) is 5.26 Å². The second-order valence-corrected chi connectivity index (χ2v) is 8.93. The molecule has 1 saturated heterocycles. The predicted octanol–water partition coefficient (Wildman–Crippen LogP) is 1.26. The van der Waals surface area contributed by atoms with E-state index in [9.17, 15) is 18.5 Å². The molecule has 0 aliphatic carbocycles. The highest BCUT2D eigenvalue weighted by Gasteiger charge is 2.44. The van der Waals surface area contributed by atoms with E-state index in [1.807, 2.05) is 6.07 Å². The van der Waals surface area contributed by atoms with Crippen LogP contribution in [0.2, 0.25) is 5.02 Å². The zero-order valence-electron chi connectivity index (χ0n) is 14.7. The molecule has 0 unspecified atom stereocenters. The first-order chi connectivity index (χ1) is 12.7. The number of carbonyl (C=O) groups excluding carboxylic acids is 1. The lowest BCUT2D eigenvalue weighted by Gasteiger charge is -2.45. The molecule has 1 aromatic carbocycles. The van der Waals surface area contributed by atoms with Gasteiger partial charge in [-0.05, 0) is 26.0 Å². The highest BCUT2D eigenvalue weighted by atomic mass is 35.5. The summed E-state index contributed by atoms with van der Waals surface area (Å²) < 4.78 is 27.8. The Morgan fingerprint density at radius 2 is 2.11 bits per heavy atom. The molecule has 27 heavy (non-hydrogen) atoms. The third kappa shape index (κ3) is 3.41. The molecule has 0 radical (unpaired) electrons. The normalized spacial score (nSPS) is 17.5. The predicted molar refractivity (Wildman–Crippen MR) is 96.4 cm³/mol. The van der Waals surface area contributed by atoms with Crippen LogP contribution < -0.4 is 0 Å². The molecule has 1 N–H and O–H groups in total. The number of H-pyrrole nitrogens is 1. The summed E-state index contributed by atoms with van der Waals surface area (Å²) in [6.45, 7) is 3.89. The average Bonchev–Trinajstić information content (AvgIpc) is 3.14. The Morgan fingerprint density at radius 3 is 2.70 bits per heavy atom. The summed E-state index contributed by atoms with van der Waals surface area (Å²) in [5, 5.41) is 19.2. The van der Waals surface area contributed by atoms with E-state index in [1.165, 1.54) is 33.6 Å². The van der Waals surface area contributed by atoms with Gasteiger partial charge in [-0.1, -0.05) is 17.7 Å². The maximum Gasteiger partial charge on any atom is 0.276 e. The number of carbonyl (C=O) groups is 1. The van der Waals surface area contributed by atoms with Gasteiger partial charge in [0.1, 0.15) is 11.0 Å². The third-order valence-electron chi connectivity index (χ3n) is 4.40. The van der Waals surface area contributed by atoms with Crippen LogP contribution >= 0.6 is 11.6 Å². The summed E-state index contributed by atoms with van der Waals surface area (Å²) in [7, 11) is -3.98. The molecule has 9 nitrogen and oxygen atoms in total. The molecular formula is C16H17ClN6O3S. The molecule has 1 amide bonds. The van der Waals surface area contributed by atoms with Gasteiger partial charge in [-0.25, -0.2) is 8.42 Å². The van der Waals surface area contributed by atoms with Gasteiger partial charge in [0, 0.05) is 25.2 Å². The van der Waals surface area contributed by atoms with E-state index in [2.05, 4.69) is 15.4 Å². The van der Waals surface area contributed by atoms with Gasteiger partial charge >= 0.3 is 0 Å². The lowest BCUT2D eigenvalue weighted by molar-refractivity contribution is 0.0489. The number of rotatable bonds is 3. The Balaban J connectivity index is 1.92. The maximum absolute atomic E-state index is 13.2. The number of piperazine rings is 1. The fraction of sp³-hybridized carbons (Fsp3) is 0.375. The zero-order chi connectivity index (χ0) is 19.8. The van der Waals surface area contributed by atoms with Crippen molar-refractivity contribution in [1.82, 2.24) is 24.6 Å². The molecule has 1 aliphatic rings. The third-order valence-corrected chi connectivity index (χ3v) is 6.87. The van der Waals surface area contributed by atoms with Crippen LogP contribution in [0.5, 0.6) is 0 Å². The number of nitrogens with zero attached hydrogens (tertiary/aromatic N) is 5. The van der Waals surface area contributed by atoms with Gasteiger partial charge in [0.05, 0.1) is 16.8 Å². The average molecular weight is 409 g/mol. The minimum absolute atomic E-state index is 0.0797. The molecular weight excluding hydrogens is 392 g/mol. The number of halogens is 1. The van der Waals surface area contributed by atoms with Crippen molar-refractivity contribution in [3.05, 3.63) is 40.7 Å². The van der Waals surface area contributed by atoms with Crippen molar-refractivity contribution in [2.75, 3.05) is 19.6 Å². The standard InChI is InChI=1S/C16H17ClN6O3S/c1-16(2)10-22(15(24)13-9-19-21-20-13)6-7-23(16)27(25,26)14-5-3-4-12(17)11(14)8-18/h3-5,9H,6-7,10H2,1-2H3,(H,19,20,21). The van der Waals surface area contributed by atoms with Crippen molar-refractivity contribution in [3.8, 4) is 6.07 Å². The lowest BCUT2D eigenvalue weighted by atomic mass is 10.0. The number of hydrogen-bond acceptors (Lipinski definition) is 6. The van der Waals surface area contributed by atoms with Gasteiger partial charge < -0.3 is 4.90 Å². The first kappa shape index (κ1) is 19.3. The van der Waals surface area contributed by atoms with E-state index in [-0.39, 0.29) is 46.7 Å². The van der Waals surface area contributed by atoms with Gasteiger partial charge in [0.15, 0.2) is 5.69 Å². The SMILES string of the molecule is CC1(C)CN(C(=O)c2cn[nH]n2)CCN1S(=O)(=O)c1cccc(Cl)c1C#N. The smallest absolute Gasteiger partial charge is 0.276 e. The first-order valence-electron chi connectivity index (χ1n) is 8.05. The molecule has 3 rings (SSSR count). The van der Waals surface area contributed by atoms with E-state index >= 15 is 0 Å². The van der Waals surface area contributed by atoms with Gasteiger partial charge in [0.25, 0.3) is 5.91 Å². The van der Waals surface area contributed by atoms with E-state index in [0.717, 1.165) is 0 Å². The number of amides is 1. The Labute approximate surface area is 161 Å². The molecule has 0 spiro atoms. The number of aromatic nitrogens is 3. The Bertz CT molecular complexity index is 1010. The summed E-state index contributed by atoms with van der Waals surface area (Å²) in [4.78, 5) is 13.9. The van der Waals surface area contributed by atoms with Crippen LogP contribution in [0.3, 0.4) is 0 Å². The van der Waals surface area contributed by atoms with E-state index < -0.39 is 15.6 Å². The quantitative estimate of drug-likeness (QED) is 0.815. The summed E-state index contributed by atoms with van der Waals surface area (Å²) in [6.07, 6.45) is 1.32. The lowest BCUT2D eigenvalue weighted by Crippen LogP contribution is -2.62. The molecule has 0 saturated carbocycles. The van der Waals surface area contributed by atoms with E-state index in [0.29, 0.717) is 0 Å². The Hall–Kier alpha value is -2.48. The number of benzene rings is 1. The van der Waals surface area contributed by atoms with Crippen LogP contribution in [0.15, 0.2) is 29.3 Å². The van der Waals surface area contributed by atoms with Gasteiger partial charge in [-0.2, -0.15) is 25.0 Å². The summed E-state index contributed by atoms with van der Waals surface area (Å²) in [6, 6.07) is 6.19. The van der Waals surface area contributed by atoms with Crippen LogP contribution in [0, 0.1) is 11.3 Å². The van der Waals surface area contributed by atoms with Crippen molar-refractivity contribution in [2.24, 2.45) is 0 Å². The summed E-state index contributed by atoms with van der Waals surface area (Å²) in [5.41, 5.74) is -0.814. The number of aromatic amines is 1. The molecule has 1 fully saturated rings. The molecule has 1 aromatic heterocycles. The van der Waals surface area contributed by atoms with Gasteiger partial charge in [-0.3, -0.25) is 4.79 Å². The molecule has 11 heteroatoms. The maximum atomic E-state index is 13.2. The fourth-order valence-corrected chi connectivity index (χ4v) is 5.38. The highest BCUT2D eigenvalue weighted by molar-refractivity contribution is 7.89. The molecule has 0 atom stereocenters. The van der Waals surface area contributed by atoms with Crippen molar-refractivity contribution in [2.45, 2.75) is 24.3 Å². The topological polar surface area (TPSA) is 123 Å². The van der Waals surface area contributed by atoms with Crippen molar-refractivity contribution < 1.29 is 13.2 Å². The zero-order valence-corrected chi connectivity index (χ0v) is 16.3. The van der Waals surface area contributed by atoms with Crippen LogP contribution in [0.1, 0.15) is 29.9 Å². The summed E-state index contributed by atoms with van der Waals surface area (Å²) in [5.74, 6) is -0.325. The molecule has 0 bridgehead atoms. The first-order valence-corrected chi connectivity index (χ1v) is 9.87. The Morgan fingerprint density at radius 1 is 1.37 bits per heavy atom.